The molecule has 0 spiro atoms. The molecule has 1 aliphatic rings. The number of aromatic nitrogens is 1. The topological polar surface area (TPSA) is 68.7 Å². The normalized spacial score (nSPS) is 17.0. The van der Waals surface area contributed by atoms with Gasteiger partial charge in [-0.25, -0.2) is 9.78 Å². The molecule has 0 aromatic carbocycles. The Bertz CT molecular complexity index is 567. The van der Waals surface area contributed by atoms with Gasteiger partial charge in [0.2, 0.25) is 0 Å². The van der Waals surface area contributed by atoms with Crippen LogP contribution in [0, 0.1) is 6.92 Å². The first-order valence-corrected chi connectivity index (χ1v) is 9.47. The van der Waals surface area contributed by atoms with Gasteiger partial charge in [-0.05, 0) is 33.1 Å². The summed E-state index contributed by atoms with van der Waals surface area (Å²) in [5.74, 6) is -0.426. The van der Waals surface area contributed by atoms with Crippen LogP contribution in [-0.2, 0) is 14.3 Å². The molecule has 0 saturated carbocycles. The quantitative estimate of drug-likeness (QED) is 0.529. The number of amides is 1. The van der Waals surface area contributed by atoms with E-state index in [1.807, 2.05) is 0 Å². The fourth-order valence-corrected chi connectivity index (χ4v) is 3.64. The average molecular weight is 354 g/mol. The van der Waals surface area contributed by atoms with Crippen molar-refractivity contribution in [2.75, 3.05) is 24.7 Å². The summed E-state index contributed by atoms with van der Waals surface area (Å²) in [7, 11) is 0. The third-order valence-electron chi connectivity index (χ3n) is 3.93. The summed E-state index contributed by atoms with van der Waals surface area (Å²) >= 11 is 1.22. The molecule has 2 rings (SSSR count). The Balaban J connectivity index is 2.20. The predicted molar refractivity (Wildman–Crippen MR) is 93.7 cm³/mol. The molecule has 0 bridgehead atoms. The zero-order valence-corrected chi connectivity index (χ0v) is 15.5. The van der Waals surface area contributed by atoms with Crippen LogP contribution in [-0.4, -0.2) is 42.7 Å². The van der Waals surface area contributed by atoms with E-state index in [-0.39, 0.29) is 18.0 Å². The molecule has 1 unspecified atom stereocenters. The predicted octanol–water partition coefficient (Wildman–Crippen LogP) is 3.33. The zero-order valence-electron chi connectivity index (χ0n) is 14.7. The van der Waals surface area contributed by atoms with E-state index in [2.05, 4.69) is 11.9 Å². The Morgan fingerprint density at radius 2 is 2.17 bits per heavy atom. The first-order valence-electron chi connectivity index (χ1n) is 8.66. The van der Waals surface area contributed by atoms with Gasteiger partial charge in [0.05, 0.1) is 12.3 Å². The highest BCUT2D eigenvalue weighted by molar-refractivity contribution is 7.17. The maximum atomic E-state index is 12.8. The number of thiazole rings is 1. The van der Waals surface area contributed by atoms with Crippen molar-refractivity contribution in [3.63, 3.8) is 0 Å². The summed E-state index contributed by atoms with van der Waals surface area (Å²) in [5.41, 5.74) is 0.606. The van der Waals surface area contributed by atoms with Crippen LogP contribution >= 0.6 is 11.3 Å². The van der Waals surface area contributed by atoms with Gasteiger partial charge >= 0.3 is 5.97 Å². The van der Waals surface area contributed by atoms with Gasteiger partial charge < -0.3 is 9.47 Å². The monoisotopic (exact) mass is 354 g/mol. The van der Waals surface area contributed by atoms with Gasteiger partial charge in [0.25, 0.3) is 5.91 Å². The number of aryl methyl sites for hydroxylation is 1. The Labute approximate surface area is 147 Å². The number of ether oxygens (including phenoxy) is 2. The average Bonchev–Trinajstić information content (AvgIpc) is 3.21. The minimum absolute atomic E-state index is 0.0484. The fourth-order valence-electron chi connectivity index (χ4n) is 2.65. The lowest BCUT2D eigenvalue weighted by Crippen LogP contribution is -2.39. The van der Waals surface area contributed by atoms with Gasteiger partial charge in [-0.3, -0.25) is 9.69 Å². The van der Waals surface area contributed by atoms with E-state index in [0.717, 1.165) is 32.1 Å². The molecule has 2 heterocycles. The molecule has 1 saturated heterocycles. The van der Waals surface area contributed by atoms with E-state index < -0.39 is 0 Å². The van der Waals surface area contributed by atoms with Crippen LogP contribution in [0.1, 0.15) is 61.3 Å². The molecule has 1 atom stereocenters. The zero-order chi connectivity index (χ0) is 17.5. The number of carbonyl (C=O) groups is 2. The van der Waals surface area contributed by atoms with Gasteiger partial charge in [-0.15, -0.1) is 0 Å². The van der Waals surface area contributed by atoms with Crippen molar-refractivity contribution in [3.8, 4) is 0 Å². The molecule has 0 N–H and O–H groups in total. The van der Waals surface area contributed by atoms with E-state index in [1.54, 1.807) is 18.7 Å². The lowest BCUT2D eigenvalue weighted by atomic mass is 10.2. The minimum Gasteiger partial charge on any atom is -0.462 e. The van der Waals surface area contributed by atoms with Crippen molar-refractivity contribution in [2.45, 2.75) is 59.0 Å². The van der Waals surface area contributed by atoms with Crippen LogP contribution in [0.4, 0.5) is 5.13 Å². The van der Waals surface area contributed by atoms with Gasteiger partial charge in [0.1, 0.15) is 11.0 Å². The molecule has 1 amide bonds. The second-order valence-corrected chi connectivity index (χ2v) is 6.81. The van der Waals surface area contributed by atoms with E-state index in [1.165, 1.54) is 11.3 Å². The van der Waals surface area contributed by atoms with E-state index in [9.17, 15) is 9.59 Å². The van der Waals surface area contributed by atoms with Crippen molar-refractivity contribution in [1.29, 1.82) is 0 Å². The molecule has 24 heavy (non-hydrogen) atoms. The number of anilines is 1. The molecule has 6 nitrogen and oxygen atoms in total. The van der Waals surface area contributed by atoms with E-state index in [4.69, 9.17) is 9.47 Å². The maximum absolute atomic E-state index is 12.8. The third kappa shape index (κ3) is 4.54. The van der Waals surface area contributed by atoms with Crippen LogP contribution in [0.3, 0.4) is 0 Å². The highest BCUT2D eigenvalue weighted by Gasteiger charge is 2.31. The van der Waals surface area contributed by atoms with Crippen LogP contribution in [0.2, 0.25) is 0 Å². The first-order chi connectivity index (χ1) is 11.6. The molecule has 7 heteroatoms. The Morgan fingerprint density at radius 3 is 2.79 bits per heavy atom. The summed E-state index contributed by atoms with van der Waals surface area (Å²) in [6.45, 7) is 7.21. The summed E-state index contributed by atoms with van der Waals surface area (Å²) < 4.78 is 10.6. The number of unbranched alkanes of at least 4 members (excludes halogenated alkanes) is 2. The van der Waals surface area contributed by atoms with Gasteiger partial charge in [-0.2, -0.15) is 0 Å². The lowest BCUT2D eigenvalue weighted by molar-refractivity contribution is -0.127. The number of carbonyl (C=O) groups excluding carboxylic acids is 2. The lowest BCUT2D eigenvalue weighted by Gasteiger charge is -2.22. The Kier molecular flexibility index (Phi) is 7.17. The van der Waals surface area contributed by atoms with Crippen LogP contribution in [0.15, 0.2) is 0 Å². The Morgan fingerprint density at radius 1 is 1.38 bits per heavy atom. The highest BCUT2D eigenvalue weighted by Crippen LogP contribution is 2.29. The molecular formula is C17H26N2O4S. The van der Waals surface area contributed by atoms with Crippen molar-refractivity contribution < 1.29 is 19.1 Å². The minimum atomic E-state index is -0.387. The van der Waals surface area contributed by atoms with Crippen molar-refractivity contribution in [3.05, 3.63) is 10.6 Å². The summed E-state index contributed by atoms with van der Waals surface area (Å²) in [6.07, 6.45) is 4.30. The van der Waals surface area contributed by atoms with Crippen molar-refractivity contribution >= 4 is 28.3 Å². The number of rotatable bonds is 8. The molecule has 1 aromatic heterocycles. The standard InChI is InChI=1S/C17H26N2O4S/c1-4-6-7-10-19(15(20)13-9-8-11-23-13)17-18-12(3)14(24-17)16(21)22-5-2/h13H,4-11H2,1-3H3. The van der Waals surface area contributed by atoms with Crippen LogP contribution < -0.4 is 4.90 Å². The number of esters is 1. The van der Waals surface area contributed by atoms with Gasteiger partial charge in [-0.1, -0.05) is 31.1 Å². The molecule has 0 aliphatic carbocycles. The Hall–Kier alpha value is -1.47. The number of hydrogen-bond acceptors (Lipinski definition) is 6. The molecule has 1 aliphatic heterocycles. The van der Waals surface area contributed by atoms with Crippen molar-refractivity contribution in [1.82, 2.24) is 4.98 Å². The summed E-state index contributed by atoms with van der Waals surface area (Å²) in [4.78, 5) is 31.4. The third-order valence-corrected chi connectivity index (χ3v) is 5.09. The van der Waals surface area contributed by atoms with E-state index >= 15 is 0 Å². The molecule has 1 aromatic rings. The SMILES string of the molecule is CCCCCN(C(=O)C1CCCO1)c1nc(C)c(C(=O)OCC)s1. The smallest absolute Gasteiger partial charge is 0.350 e. The largest absolute Gasteiger partial charge is 0.462 e. The molecular weight excluding hydrogens is 328 g/mol. The van der Waals surface area contributed by atoms with E-state index in [0.29, 0.717) is 35.5 Å². The second-order valence-electron chi connectivity index (χ2n) is 5.83. The first kappa shape index (κ1) is 18.9. The maximum Gasteiger partial charge on any atom is 0.350 e. The van der Waals surface area contributed by atoms with Crippen LogP contribution in [0.25, 0.3) is 0 Å². The van der Waals surface area contributed by atoms with Gasteiger partial charge in [0, 0.05) is 13.2 Å². The highest BCUT2D eigenvalue weighted by atomic mass is 32.1. The summed E-state index contributed by atoms with van der Waals surface area (Å²) in [5, 5.41) is 0.562. The molecule has 134 valence electrons. The molecule has 1 fully saturated rings. The van der Waals surface area contributed by atoms with Gasteiger partial charge in [0.15, 0.2) is 5.13 Å². The number of hydrogen-bond donors (Lipinski definition) is 0. The molecule has 0 radical (unpaired) electrons. The number of nitrogens with zero attached hydrogens (tertiary/aromatic N) is 2. The second kappa shape index (κ2) is 9.13. The summed E-state index contributed by atoms with van der Waals surface area (Å²) in [6, 6.07) is 0. The van der Waals surface area contributed by atoms with Crippen LogP contribution in [0.5, 0.6) is 0 Å². The van der Waals surface area contributed by atoms with Crippen molar-refractivity contribution in [2.24, 2.45) is 0 Å². The fraction of sp³-hybridized carbons (Fsp3) is 0.706.